The average Bonchev–Trinajstić information content (AvgIpc) is 2.63. The molecule has 9 heteroatoms. The zero-order valence-corrected chi connectivity index (χ0v) is 16.5. The van der Waals surface area contributed by atoms with Gasteiger partial charge in [0.25, 0.3) is 5.91 Å². The number of carbonyl (C=O) groups is 2. The topological polar surface area (TPSA) is 92.8 Å². The maximum absolute atomic E-state index is 13.6. The lowest BCUT2D eigenvalue weighted by Gasteiger charge is -2.18. The SMILES string of the molecule is Cc1ccc(S(=O)(=O)N(C)CC(=O)O[C@H](C)C(=O)Nc2ccccc2F)cc1. The van der Waals surface area contributed by atoms with E-state index >= 15 is 0 Å². The summed E-state index contributed by atoms with van der Waals surface area (Å²) in [5.74, 6) is -2.27. The van der Waals surface area contributed by atoms with Gasteiger partial charge < -0.3 is 10.1 Å². The van der Waals surface area contributed by atoms with Gasteiger partial charge in [-0.25, -0.2) is 12.8 Å². The second kappa shape index (κ2) is 8.94. The largest absolute Gasteiger partial charge is 0.452 e. The third-order valence-electron chi connectivity index (χ3n) is 3.89. The van der Waals surface area contributed by atoms with Crippen LogP contribution in [0, 0.1) is 12.7 Å². The minimum atomic E-state index is -3.88. The molecular weight excluding hydrogens is 387 g/mol. The molecule has 2 rings (SSSR count). The Balaban J connectivity index is 1.95. The predicted molar refractivity (Wildman–Crippen MR) is 102 cm³/mol. The first-order chi connectivity index (χ1) is 13.1. The number of aryl methyl sites for hydroxylation is 1. The monoisotopic (exact) mass is 408 g/mol. The molecule has 2 aromatic carbocycles. The van der Waals surface area contributed by atoms with Crippen molar-refractivity contribution in [3.63, 3.8) is 0 Å². The Kier molecular flexibility index (Phi) is 6.87. The predicted octanol–water partition coefficient (Wildman–Crippen LogP) is 2.33. The van der Waals surface area contributed by atoms with Crippen LogP contribution in [-0.4, -0.2) is 44.3 Å². The van der Waals surface area contributed by atoms with E-state index < -0.39 is 40.4 Å². The van der Waals surface area contributed by atoms with Crippen LogP contribution in [0.4, 0.5) is 10.1 Å². The number of benzene rings is 2. The van der Waals surface area contributed by atoms with Crippen molar-refractivity contribution in [3.8, 4) is 0 Å². The molecule has 7 nitrogen and oxygen atoms in total. The van der Waals surface area contributed by atoms with Crippen LogP contribution >= 0.6 is 0 Å². The van der Waals surface area contributed by atoms with Crippen LogP contribution in [0.3, 0.4) is 0 Å². The Bertz CT molecular complexity index is 961. The smallest absolute Gasteiger partial charge is 0.322 e. The first-order valence-electron chi connectivity index (χ1n) is 8.39. The summed E-state index contributed by atoms with van der Waals surface area (Å²) in [5.41, 5.74) is 0.852. The molecule has 0 fully saturated rings. The number of nitrogens with one attached hydrogen (secondary N) is 1. The number of rotatable bonds is 7. The van der Waals surface area contributed by atoms with E-state index in [1.165, 1.54) is 44.3 Å². The summed E-state index contributed by atoms with van der Waals surface area (Å²) in [5, 5.41) is 2.31. The number of likely N-dealkylation sites (N-methyl/N-ethyl adjacent to an activating group) is 1. The molecule has 0 aromatic heterocycles. The van der Waals surface area contributed by atoms with E-state index in [9.17, 15) is 22.4 Å². The molecule has 0 aliphatic heterocycles. The van der Waals surface area contributed by atoms with E-state index in [-0.39, 0.29) is 10.6 Å². The lowest BCUT2D eigenvalue weighted by molar-refractivity contribution is -0.153. The van der Waals surface area contributed by atoms with E-state index in [0.717, 1.165) is 9.87 Å². The summed E-state index contributed by atoms with van der Waals surface area (Å²) in [7, 11) is -2.64. The number of halogens is 1. The molecule has 1 atom stereocenters. The lowest BCUT2D eigenvalue weighted by Crippen LogP contribution is -2.37. The van der Waals surface area contributed by atoms with Gasteiger partial charge in [0.05, 0.1) is 10.6 Å². The fourth-order valence-corrected chi connectivity index (χ4v) is 3.36. The van der Waals surface area contributed by atoms with E-state index in [4.69, 9.17) is 4.74 Å². The quantitative estimate of drug-likeness (QED) is 0.710. The van der Waals surface area contributed by atoms with Crippen LogP contribution in [0.15, 0.2) is 53.4 Å². The minimum Gasteiger partial charge on any atom is -0.452 e. The summed E-state index contributed by atoms with van der Waals surface area (Å²) in [6.07, 6.45) is -1.23. The molecule has 0 radical (unpaired) electrons. The van der Waals surface area contributed by atoms with Gasteiger partial charge in [0.2, 0.25) is 10.0 Å². The van der Waals surface area contributed by atoms with Gasteiger partial charge in [0, 0.05) is 7.05 Å². The number of para-hydroxylation sites is 1. The maximum Gasteiger partial charge on any atom is 0.322 e. The molecule has 1 amide bonds. The average molecular weight is 408 g/mol. The van der Waals surface area contributed by atoms with Crippen LogP contribution in [0.2, 0.25) is 0 Å². The van der Waals surface area contributed by atoms with E-state index in [2.05, 4.69) is 5.32 Å². The Morgan fingerprint density at radius 1 is 1.14 bits per heavy atom. The highest BCUT2D eigenvalue weighted by molar-refractivity contribution is 7.89. The number of sulfonamides is 1. The summed E-state index contributed by atoms with van der Waals surface area (Å²) in [6.45, 7) is 2.56. The number of esters is 1. The highest BCUT2D eigenvalue weighted by Crippen LogP contribution is 2.16. The van der Waals surface area contributed by atoms with Gasteiger partial charge in [-0.2, -0.15) is 4.31 Å². The Morgan fingerprint density at radius 2 is 1.75 bits per heavy atom. The Morgan fingerprint density at radius 3 is 2.36 bits per heavy atom. The summed E-state index contributed by atoms with van der Waals surface area (Å²) in [4.78, 5) is 24.1. The number of amides is 1. The molecular formula is C19H21FN2O5S. The third kappa shape index (κ3) is 5.37. The fraction of sp³-hybridized carbons (Fsp3) is 0.263. The zero-order valence-electron chi connectivity index (χ0n) is 15.7. The number of hydrogen-bond acceptors (Lipinski definition) is 5. The van der Waals surface area contributed by atoms with E-state index in [1.807, 2.05) is 6.92 Å². The van der Waals surface area contributed by atoms with Crippen LogP contribution < -0.4 is 5.32 Å². The van der Waals surface area contributed by atoms with Gasteiger partial charge in [-0.3, -0.25) is 9.59 Å². The van der Waals surface area contributed by atoms with Gasteiger partial charge in [0.15, 0.2) is 6.10 Å². The maximum atomic E-state index is 13.6. The summed E-state index contributed by atoms with van der Waals surface area (Å²) in [6, 6.07) is 11.7. The molecule has 0 heterocycles. The highest BCUT2D eigenvalue weighted by Gasteiger charge is 2.25. The molecule has 150 valence electrons. The summed E-state index contributed by atoms with van der Waals surface area (Å²) < 4.78 is 44.3. The second-order valence-corrected chi connectivity index (χ2v) is 8.22. The molecule has 0 aliphatic carbocycles. The van der Waals surface area contributed by atoms with Gasteiger partial charge in [0.1, 0.15) is 12.4 Å². The number of ether oxygens (including phenoxy) is 1. The Labute approximate surface area is 163 Å². The molecule has 0 aliphatic rings. The number of nitrogens with zero attached hydrogens (tertiary/aromatic N) is 1. The first-order valence-corrected chi connectivity index (χ1v) is 9.83. The van der Waals surface area contributed by atoms with Gasteiger partial charge in [-0.1, -0.05) is 29.8 Å². The number of carbonyl (C=O) groups excluding carboxylic acids is 2. The molecule has 2 aromatic rings. The first kappa shape index (κ1) is 21.5. The van der Waals surface area contributed by atoms with Crippen LogP contribution in [-0.2, 0) is 24.3 Å². The van der Waals surface area contributed by atoms with Gasteiger partial charge >= 0.3 is 5.97 Å². The van der Waals surface area contributed by atoms with Gasteiger partial charge in [-0.15, -0.1) is 0 Å². The van der Waals surface area contributed by atoms with Crippen molar-refractivity contribution in [1.29, 1.82) is 0 Å². The third-order valence-corrected chi connectivity index (χ3v) is 5.71. The molecule has 1 N–H and O–H groups in total. The van der Waals surface area contributed by atoms with Crippen LogP contribution in [0.25, 0.3) is 0 Å². The van der Waals surface area contributed by atoms with Gasteiger partial charge in [-0.05, 0) is 38.1 Å². The minimum absolute atomic E-state index is 0.0405. The normalized spacial score (nSPS) is 12.5. The Hall–Kier alpha value is -2.78. The van der Waals surface area contributed by atoms with Crippen molar-refractivity contribution < 1.29 is 27.1 Å². The van der Waals surface area contributed by atoms with E-state index in [1.54, 1.807) is 18.2 Å². The van der Waals surface area contributed by atoms with Crippen LogP contribution in [0.5, 0.6) is 0 Å². The zero-order chi connectivity index (χ0) is 20.9. The number of anilines is 1. The second-order valence-electron chi connectivity index (χ2n) is 6.18. The van der Waals surface area contributed by atoms with E-state index in [0.29, 0.717) is 0 Å². The molecule has 0 spiro atoms. The molecule has 0 saturated heterocycles. The fourth-order valence-electron chi connectivity index (χ4n) is 2.24. The van der Waals surface area contributed by atoms with Crippen LogP contribution in [0.1, 0.15) is 12.5 Å². The standard InChI is InChI=1S/C19H21FN2O5S/c1-13-8-10-15(11-9-13)28(25,26)22(3)12-18(23)27-14(2)19(24)21-17-7-5-4-6-16(17)20/h4-11,14H,12H2,1-3H3,(H,21,24)/t14-/m1/s1. The molecule has 0 saturated carbocycles. The molecule has 0 unspecified atom stereocenters. The van der Waals surface area contributed by atoms with Crippen molar-refractivity contribution >= 4 is 27.6 Å². The highest BCUT2D eigenvalue weighted by atomic mass is 32.2. The number of hydrogen-bond donors (Lipinski definition) is 1. The van der Waals surface area contributed by atoms with Crippen molar-refractivity contribution in [2.24, 2.45) is 0 Å². The van der Waals surface area contributed by atoms with Crippen molar-refractivity contribution in [1.82, 2.24) is 4.31 Å². The van der Waals surface area contributed by atoms with Crippen molar-refractivity contribution in [3.05, 3.63) is 59.9 Å². The summed E-state index contributed by atoms with van der Waals surface area (Å²) >= 11 is 0. The lowest BCUT2D eigenvalue weighted by atomic mass is 10.2. The molecule has 28 heavy (non-hydrogen) atoms. The van der Waals surface area contributed by atoms with Crippen molar-refractivity contribution in [2.45, 2.75) is 24.8 Å². The molecule has 0 bridgehead atoms. The van der Waals surface area contributed by atoms with Crippen molar-refractivity contribution in [2.75, 3.05) is 18.9 Å².